The molecule has 11 heteroatoms. The Balaban J connectivity index is 4.40. The van der Waals surface area contributed by atoms with Gasteiger partial charge in [-0.05, 0) is 0 Å². The Morgan fingerprint density at radius 2 is 1.38 bits per heavy atom. The van der Waals surface area contributed by atoms with Gasteiger partial charge in [-0.3, -0.25) is 3.87 Å². The van der Waals surface area contributed by atoms with Gasteiger partial charge in [0, 0.05) is 0 Å². The third-order valence-corrected chi connectivity index (χ3v) is 2.56. The quantitative estimate of drug-likeness (QED) is 0.414. The summed E-state index contributed by atoms with van der Waals surface area (Å²) in [4.78, 5) is 0. The van der Waals surface area contributed by atoms with Gasteiger partial charge in [0.25, 0.3) is 0 Å². The van der Waals surface area contributed by atoms with Gasteiger partial charge in [0.05, 0.1) is 0 Å². The molecule has 0 amide bonds. The lowest BCUT2D eigenvalue weighted by Gasteiger charge is -2.08. The highest BCUT2D eigenvalue weighted by Crippen LogP contribution is 2.25. The van der Waals surface area contributed by atoms with Gasteiger partial charge in [-0.15, -0.1) is 0 Å². The third-order valence-electron chi connectivity index (χ3n) is 0.551. The molecule has 0 aliphatic rings. The first-order chi connectivity index (χ1) is 5.46. The van der Waals surface area contributed by atoms with Crippen molar-refractivity contribution in [3.05, 3.63) is 0 Å². The van der Waals surface area contributed by atoms with Gasteiger partial charge in [-0.25, -0.2) is 0 Å². The van der Waals surface area contributed by atoms with Gasteiger partial charge in [0.1, 0.15) is 0 Å². The Morgan fingerprint density at radius 1 is 1.00 bits per heavy atom. The highest BCUT2D eigenvalue weighted by Gasteiger charge is 2.49. The van der Waals surface area contributed by atoms with Crippen molar-refractivity contribution < 1.29 is 38.6 Å². The standard InChI is InChI=1S/C2F6O3SSi/c3-1(4,5)12(9,10)11-13-2(6,7)8. The molecule has 13 heavy (non-hydrogen) atoms. The minimum Gasteiger partial charge on any atom is -0.298 e. The smallest absolute Gasteiger partial charge is 0.298 e. The number of halogens is 6. The van der Waals surface area contributed by atoms with Gasteiger partial charge in [0.15, 0.2) is 0 Å². The topological polar surface area (TPSA) is 43.4 Å². The van der Waals surface area contributed by atoms with Gasteiger partial charge in [0.2, 0.25) is 0 Å². The van der Waals surface area contributed by atoms with Crippen LogP contribution in [0.15, 0.2) is 0 Å². The van der Waals surface area contributed by atoms with Crippen molar-refractivity contribution >= 4 is 19.9 Å². The summed E-state index contributed by atoms with van der Waals surface area (Å²) in [7, 11) is -8.88. The summed E-state index contributed by atoms with van der Waals surface area (Å²) in [6.45, 7) is 0. The highest BCUT2D eigenvalue weighted by atomic mass is 32.2. The maximum atomic E-state index is 11.3. The molecule has 0 atom stereocenters. The molecular weight excluding hydrogens is 246 g/mol. The second kappa shape index (κ2) is 3.46. The molecule has 78 valence electrons. The zero-order chi connectivity index (χ0) is 10.9. The second-order valence-corrected chi connectivity index (χ2v) is 4.39. The molecular formula is C2F6O3SSi. The van der Waals surface area contributed by atoms with Crippen molar-refractivity contribution in [1.82, 2.24) is 0 Å². The van der Waals surface area contributed by atoms with Gasteiger partial charge in [-0.2, -0.15) is 34.8 Å². The molecule has 0 bridgehead atoms. The van der Waals surface area contributed by atoms with Crippen molar-refractivity contribution in [1.29, 1.82) is 0 Å². The zero-order valence-corrected chi connectivity index (χ0v) is 7.22. The van der Waals surface area contributed by atoms with E-state index in [4.69, 9.17) is 0 Å². The number of hydrogen-bond donors (Lipinski definition) is 0. The number of hydrogen-bond acceptors (Lipinski definition) is 3. The summed E-state index contributed by atoms with van der Waals surface area (Å²) >= 11 is 0. The Hall–Kier alpha value is -0.293. The summed E-state index contributed by atoms with van der Waals surface area (Å²) in [6.07, 6.45) is 0. The van der Waals surface area contributed by atoms with Crippen molar-refractivity contribution in [2.45, 2.75) is 11.3 Å². The van der Waals surface area contributed by atoms with E-state index in [9.17, 15) is 34.8 Å². The summed E-state index contributed by atoms with van der Waals surface area (Å²) < 4.78 is 90.1. The van der Waals surface area contributed by atoms with Crippen LogP contribution in [0.1, 0.15) is 0 Å². The predicted octanol–water partition coefficient (Wildman–Crippen LogP) is 0.992. The third kappa shape index (κ3) is 4.47. The number of rotatable bonds is 2. The Kier molecular flexibility index (Phi) is 3.38. The molecule has 0 rings (SSSR count). The fraction of sp³-hybridized carbons (Fsp3) is 1.00. The van der Waals surface area contributed by atoms with E-state index in [2.05, 4.69) is 3.87 Å². The maximum Gasteiger partial charge on any atom is 0.522 e. The van der Waals surface area contributed by atoms with Gasteiger partial charge < -0.3 is 0 Å². The monoisotopic (exact) mass is 246 g/mol. The Morgan fingerprint density at radius 3 is 1.62 bits per heavy atom. The van der Waals surface area contributed by atoms with Crippen molar-refractivity contribution in [2.24, 2.45) is 0 Å². The fourth-order valence-corrected chi connectivity index (χ4v) is 1.34. The van der Waals surface area contributed by atoms with Crippen LogP contribution in [0.2, 0.25) is 0 Å². The summed E-state index contributed by atoms with van der Waals surface area (Å²) in [5.74, 6) is -5.10. The minimum absolute atomic E-state index is 2.71. The van der Waals surface area contributed by atoms with E-state index in [1.54, 1.807) is 0 Å². The van der Waals surface area contributed by atoms with Crippen LogP contribution in [0.25, 0.3) is 0 Å². The van der Waals surface area contributed by atoms with E-state index >= 15 is 0 Å². The molecule has 0 unspecified atom stereocenters. The predicted molar refractivity (Wildman–Crippen MR) is 27.9 cm³/mol. The fourth-order valence-electron chi connectivity index (χ4n) is 0.149. The highest BCUT2D eigenvalue weighted by molar-refractivity contribution is 7.88. The molecule has 0 spiro atoms. The van der Waals surface area contributed by atoms with Crippen LogP contribution in [-0.4, -0.2) is 29.5 Å². The molecule has 0 aliphatic carbocycles. The average Bonchev–Trinajstić information content (AvgIpc) is 1.79. The first-order valence-corrected chi connectivity index (χ1v) is 4.61. The largest absolute Gasteiger partial charge is 0.522 e. The first kappa shape index (κ1) is 12.7. The van der Waals surface area contributed by atoms with Crippen LogP contribution in [-0.2, 0) is 14.0 Å². The molecule has 0 aromatic carbocycles. The van der Waals surface area contributed by atoms with Gasteiger partial charge >= 0.3 is 31.2 Å². The molecule has 0 saturated carbocycles. The molecule has 0 saturated heterocycles. The lowest BCUT2D eigenvalue weighted by molar-refractivity contribution is -0.0619. The summed E-state index contributed by atoms with van der Waals surface area (Å²) in [6, 6.07) is 0. The van der Waals surface area contributed by atoms with Crippen molar-refractivity contribution in [3.63, 3.8) is 0 Å². The average molecular weight is 246 g/mol. The second-order valence-electron chi connectivity index (χ2n) is 1.58. The van der Waals surface area contributed by atoms with Gasteiger partial charge in [-0.1, -0.05) is 0 Å². The molecule has 0 aliphatic heterocycles. The molecule has 0 N–H and O–H groups in total. The van der Waals surface area contributed by atoms with Crippen LogP contribution >= 0.6 is 0 Å². The lowest BCUT2D eigenvalue weighted by Crippen LogP contribution is -2.32. The molecule has 0 fully saturated rings. The summed E-state index contributed by atoms with van der Waals surface area (Å²) in [5.41, 5.74) is -5.83. The van der Waals surface area contributed by atoms with E-state index in [0.29, 0.717) is 0 Å². The first-order valence-electron chi connectivity index (χ1n) is 2.29. The molecule has 0 aromatic heterocycles. The van der Waals surface area contributed by atoms with Crippen LogP contribution in [0.3, 0.4) is 0 Å². The SMILES string of the molecule is O=S(=O)(O[Si]C(F)(F)F)C(F)(F)F. The van der Waals surface area contributed by atoms with Crippen LogP contribution < -0.4 is 0 Å². The normalized spacial score (nSPS) is 14.6. The summed E-state index contributed by atoms with van der Waals surface area (Å²) in [5, 5.41) is 0. The molecule has 3 nitrogen and oxygen atoms in total. The van der Waals surface area contributed by atoms with E-state index < -0.39 is 31.2 Å². The molecule has 2 radical (unpaired) electrons. The van der Waals surface area contributed by atoms with Crippen LogP contribution in [0.4, 0.5) is 26.3 Å². The van der Waals surface area contributed by atoms with Crippen LogP contribution in [0.5, 0.6) is 0 Å². The maximum absolute atomic E-state index is 11.3. The van der Waals surface area contributed by atoms with E-state index in [1.807, 2.05) is 0 Å². The van der Waals surface area contributed by atoms with E-state index in [-0.39, 0.29) is 0 Å². The molecule has 0 heterocycles. The van der Waals surface area contributed by atoms with E-state index in [0.717, 1.165) is 0 Å². The number of alkyl halides is 6. The lowest BCUT2D eigenvalue weighted by atomic mass is 11.5. The molecule has 0 aromatic rings. The Labute approximate surface area is 70.7 Å². The van der Waals surface area contributed by atoms with Crippen molar-refractivity contribution in [2.75, 3.05) is 0 Å². The Bertz CT molecular complexity index is 263. The van der Waals surface area contributed by atoms with Crippen LogP contribution in [0, 0.1) is 0 Å². The minimum atomic E-state index is -6.14. The zero-order valence-electron chi connectivity index (χ0n) is 5.40. The van der Waals surface area contributed by atoms with E-state index in [1.165, 1.54) is 0 Å². The van der Waals surface area contributed by atoms with Crippen molar-refractivity contribution in [3.8, 4) is 0 Å².